The fraction of sp³-hybridized carbons (Fsp3) is 0.438. The van der Waals surface area contributed by atoms with Gasteiger partial charge in [-0.05, 0) is 29.9 Å². The Bertz CT molecular complexity index is 500. The van der Waals surface area contributed by atoms with E-state index in [1.54, 1.807) is 11.3 Å². The highest BCUT2D eigenvalue weighted by molar-refractivity contribution is 7.18. The second kappa shape index (κ2) is 6.71. The molecule has 0 aliphatic rings. The minimum absolute atomic E-state index is 0.708. The Hall–Kier alpha value is -1.35. The Morgan fingerprint density at radius 1 is 1.21 bits per heavy atom. The molecule has 0 saturated heterocycles. The van der Waals surface area contributed by atoms with Crippen molar-refractivity contribution in [3.05, 3.63) is 36.0 Å². The van der Waals surface area contributed by atoms with E-state index in [1.807, 2.05) is 6.20 Å². The predicted octanol–water partition coefficient (Wildman–Crippen LogP) is 4.83. The molecule has 1 N–H and O–H groups in total. The highest BCUT2D eigenvalue weighted by atomic mass is 32.1. The maximum absolute atomic E-state index is 4.41. The third-order valence-electron chi connectivity index (χ3n) is 2.91. The number of rotatable bonds is 6. The molecule has 3 heteroatoms. The second-order valence-corrected chi connectivity index (χ2v) is 6.28. The number of thiazole rings is 1. The van der Waals surface area contributed by atoms with E-state index in [9.17, 15) is 0 Å². The van der Waals surface area contributed by atoms with Gasteiger partial charge in [-0.15, -0.1) is 0 Å². The van der Waals surface area contributed by atoms with Crippen LogP contribution in [0.4, 0.5) is 5.13 Å². The van der Waals surface area contributed by atoms with Crippen LogP contribution in [0.3, 0.4) is 0 Å². The van der Waals surface area contributed by atoms with Gasteiger partial charge in [0.25, 0.3) is 0 Å². The molecule has 1 aromatic heterocycles. The molecule has 1 aromatic carbocycles. The summed E-state index contributed by atoms with van der Waals surface area (Å²) >= 11 is 1.72. The summed E-state index contributed by atoms with van der Waals surface area (Å²) in [5.41, 5.74) is 2.67. The van der Waals surface area contributed by atoms with Crippen LogP contribution in [-0.4, -0.2) is 11.5 Å². The van der Waals surface area contributed by atoms with Gasteiger partial charge in [0.2, 0.25) is 0 Å². The summed E-state index contributed by atoms with van der Waals surface area (Å²) in [4.78, 5) is 5.64. The first-order valence-corrected chi connectivity index (χ1v) is 7.79. The summed E-state index contributed by atoms with van der Waals surface area (Å²) in [6, 6.07) is 8.87. The number of anilines is 1. The Balaban J connectivity index is 2.07. The quantitative estimate of drug-likeness (QED) is 0.816. The van der Waals surface area contributed by atoms with Gasteiger partial charge in [0.1, 0.15) is 0 Å². The van der Waals surface area contributed by atoms with E-state index in [1.165, 1.54) is 16.0 Å². The van der Waals surface area contributed by atoms with Gasteiger partial charge in [0, 0.05) is 12.7 Å². The van der Waals surface area contributed by atoms with Gasteiger partial charge in [-0.25, -0.2) is 4.98 Å². The van der Waals surface area contributed by atoms with E-state index in [0.29, 0.717) is 5.92 Å². The molecule has 0 bridgehead atoms. The standard InChI is InChI=1S/C16H22N2S/c1-4-9-17-16-18-11-15(19-16)14-7-5-13(6-8-14)10-12(2)3/h5-8,11-12H,4,9-10H2,1-3H3,(H,17,18). The molecule has 0 saturated carbocycles. The first-order chi connectivity index (χ1) is 9.19. The second-order valence-electron chi connectivity index (χ2n) is 5.25. The normalized spacial score (nSPS) is 10.9. The minimum Gasteiger partial charge on any atom is -0.362 e. The highest BCUT2D eigenvalue weighted by Crippen LogP contribution is 2.29. The average Bonchev–Trinajstić information content (AvgIpc) is 2.85. The monoisotopic (exact) mass is 274 g/mol. The molecule has 2 aromatic rings. The van der Waals surface area contributed by atoms with Crippen LogP contribution in [0.2, 0.25) is 0 Å². The van der Waals surface area contributed by atoms with Crippen molar-refractivity contribution in [1.29, 1.82) is 0 Å². The Kier molecular flexibility index (Phi) is 4.97. The Labute approximate surface area is 119 Å². The van der Waals surface area contributed by atoms with Crippen LogP contribution >= 0.6 is 11.3 Å². The van der Waals surface area contributed by atoms with Crippen molar-refractivity contribution in [2.24, 2.45) is 5.92 Å². The van der Waals surface area contributed by atoms with Crippen LogP contribution in [0.5, 0.6) is 0 Å². The summed E-state index contributed by atoms with van der Waals surface area (Å²) in [6.45, 7) is 7.65. The molecule has 2 rings (SSSR count). The van der Waals surface area contributed by atoms with E-state index in [0.717, 1.165) is 24.5 Å². The topological polar surface area (TPSA) is 24.9 Å². The van der Waals surface area contributed by atoms with Crippen LogP contribution in [0.15, 0.2) is 30.5 Å². The number of aromatic nitrogens is 1. The van der Waals surface area contributed by atoms with Crippen molar-refractivity contribution in [3.63, 3.8) is 0 Å². The van der Waals surface area contributed by atoms with Gasteiger partial charge >= 0.3 is 0 Å². The molecule has 0 spiro atoms. The summed E-state index contributed by atoms with van der Waals surface area (Å²) < 4.78 is 0. The molecule has 102 valence electrons. The largest absolute Gasteiger partial charge is 0.362 e. The molecule has 0 radical (unpaired) electrons. The summed E-state index contributed by atoms with van der Waals surface area (Å²) in [5, 5.41) is 4.35. The molecule has 19 heavy (non-hydrogen) atoms. The zero-order valence-electron chi connectivity index (χ0n) is 11.9. The van der Waals surface area contributed by atoms with E-state index in [-0.39, 0.29) is 0 Å². The summed E-state index contributed by atoms with van der Waals surface area (Å²) in [5.74, 6) is 0.708. The van der Waals surface area contributed by atoms with Gasteiger partial charge in [0.15, 0.2) is 5.13 Å². The van der Waals surface area contributed by atoms with Crippen molar-refractivity contribution in [1.82, 2.24) is 4.98 Å². The number of benzene rings is 1. The maximum Gasteiger partial charge on any atom is 0.183 e. The van der Waals surface area contributed by atoms with E-state index in [4.69, 9.17) is 0 Å². The van der Waals surface area contributed by atoms with E-state index < -0.39 is 0 Å². The van der Waals surface area contributed by atoms with Crippen LogP contribution in [0.25, 0.3) is 10.4 Å². The minimum atomic E-state index is 0.708. The third-order valence-corrected chi connectivity index (χ3v) is 3.92. The molecule has 0 aliphatic carbocycles. The van der Waals surface area contributed by atoms with Gasteiger partial charge in [-0.2, -0.15) is 0 Å². The lowest BCUT2D eigenvalue weighted by Gasteiger charge is -2.05. The fourth-order valence-corrected chi connectivity index (χ4v) is 2.85. The maximum atomic E-state index is 4.41. The lowest BCUT2D eigenvalue weighted by molar-refractivity contribution is 0.647. The van der Waals surface area contributed by atoms with Gasteiger partial charge in [-0.3, -0.25) is 0 Å². The van der Waals surface area contributed by atoms with Crippen molar-refractivity contribution in [3.8, 4) is 10.4 Å². The Morgan fingerprint density at radius 2 is 1.95 bits per heavy atom. The molecule has 0 atom stereocenters. The molecule has 0 aliphatic heterocycles. The SMILES string of the molecule is CCCNc1ncc(-c2ccc(CC(C)C)cc2)s1. The lowest BCUT2D eigenvalue weighted by atomic mass is 10.0. The zero-order chi connectivity index (χ0) is 13.7. The zero-order valence-corrected chi connectivity index (χ0v) is 12.8. The van der Waals surface area contributed by atoms with Crippen molar-refractivity contribution < 1.29 is 0 Å². The molecule has 0 unspecified atom stereocenters. The van der Waals surface area contributed by atoms with E-state index in [2.05, 4.69) is 55.3 Å². The Morgan fingerprint density at radius 3 is 2.58 bits per heavy atom. The van der Waals surface area contributed by atoms with Gasteiger partial charge in [0.05, 0.1) is 4.88 Å². The van der Waals surface area contributed by atoms with Gasteiger partial charge < -0.3 is 5.32 Å². The number of nitrogens with zero attached hydrogens (tertiary/aromatic N) is 1. The van der Waals surface area contributed by atoms with Crippen LogP contribution in [0, 0.1) is 5.92 Å². The number of hydrogen-bond donors (Lipinski definition) is 1. The van der Waals surface area contributed by atoms with Crippen LogP contribution in [-0.2, 0) is 6.42 Å². The molecular weight excluding hydrogens is 252 g/mol. The predicted molar refractivity (Wildman–Crippen MR) is 84.9 cm³/mol. The summed E-state index contributed by atoms with van der Waals surface area (Å²) in [6.07, 6.45) is 4.23. The molecule has 2 nitrogen and oxygen atoms in total. The fourth-order valence-electron chi connectivity index (χ4n) is 2.00. The van der Waals surface area contributed by atoms with E-state index >= 15 is 0 Å². The first kappa shape index (κ1) is 14.1. The third kappa shape index (κ3) is 4.06. The highest BCUT2D eigenvalue weighted by Gasteiger charge is 2.04. The van der Waals surface area contributed by atoms with Crippen molar-refractivity contribution in [2.45, 2.75) is 33.6 Å². The number of hydrogen-bond acceptors (Lipinski definition) is 3. The van der Waals surface area contributed by atoms with Crippen molar-refractivity contribution >= 4 is 16.5 Å². The average molecular weight is 274 g/mol. The molecule has 1 heterocycles. The van der Waals surface area contributed by atoms with Crippen LogP contribution in [0.1, 0.15) is 32.8 Å². The van der Waals surface area contributed by atoms with Crippen LogP contribution < -0.4 is 5.32 Å². The lowest BCUT2D eigenvalue weighted by Crippen LogP contribution is -1.97. The molecule has 0 fully saturated rings. The molecular formula is C16H22N2S. The van der Waals surface area contributed by atoms with Crippen molar-refractivity contribution in [2.75, 3.05) is 11.9 Å². The number of nitrogens with one attached hydrogen (secondary N) is 1. The smallest absolute Gasteiger partial charge is 0.183 e. The van der Waals surface area contributed by atoms with Gasteiger partial charge in [-0.1, -0.05) is 56.4 Å². The molecule has 0 amide bonds. The summed E-state index contributed by atoms with van der Waals surface area (Å²) in [7, 11) is 0. The first-order valence-electron chi connectivity index (χ1n) is 6.98.